The molecule has 0 aliphatic rings. The minimum Gasteiger partial charge on any atom is -0.312 e. The minimum absolute atomic E-state index is 0.911. The van der Waals surface area contributed by atoms with Gasteiger partial charge in [-0.25, -0.2) is 0 Å². The van der Waals surface area contributed by atoms with E-state index in [-0.39, 0.29) is 0 Å². The van der Waals surface area contributed by atoms with E-state index in [0.717, 1.165) is 30.7 Å². The summed E-state index contributed by atoms with van der Waals surface area (Å²) in [6.07, 6.45) is 0.956. The van der Waals surface area contributed by atoms with Crippen LogP contribution in [0.3, 0.4) is 0 Å². The molecule has 0 fully saturated rings. The van der Waals surface area contributed by atoms with E-state index in [9.17, 15) is 0 Å². The van der Waals surface area contributed by atoms with Gasteiger partial charge >= 0.3 is 0 Å². The summed E-state index contributed by atoms with van der Waals surface area (Å²) in [7, 11) is 0. The number of benzene rings is 2. The maximum absolute atomic E-state index is 4.68. The fourth-order valence-electron chi connectivity index (χ4n) is 2.29. The zero-order chi connectivity index (χ0) is 13.6. The fraction of sp³-hybridized carbons (Fsp3) is 0.167. The van der Waals surface area contributed by atoms with Gasteiger partial charge in [-0.3, -0.25) is 4.98 Å². The molecule has 3 rings (SSSR count). The molecule has 0 saturated heterocycles. The van der Waals surface area contributed by atoms with E-state index < -0.39 is 0 Å². The van der Waals surface area contributed by atoms with Gasteiger partial charge in [0.05, 0.1) is 5.52 Å². The molecule has 1 aromatic heterocycles. The molecule has 2 heteroatoms. The van der Waals surface area contributed by atoms with Crippen LogP contribution in [0.4, 0.5) is 0 Å². The number of para-hydroxylation sites is 1. The van der Waals surface area contributed by atoms with Crippen LogP contribution in [0.1, 0.15) is 11.3 Å². The molecule has 0 saturated carbocycles. The lowest BCUT2D eigenvalue weighted by molar-refractivity contribution is 0.681. The highest BCUT2D eigenvalue weighted by Gasteiger charge is 1.98. The van der Waals surface area contributed by atoms with E-state index in [1.54, 1.807) is 0 Å². The monoisotopic (exact) mass is 262 g/mol. The Balaban J connectivity index is 1.55. The average molecular weight is 262 g/mol. The Morgan fingerprint density at radius 2 is 1.60 bits per heavy atom. The summed E-state index contributed by atoms with van der Waals surface area (Å²) in [5.74, 6) is 0. The van der Waals surface area contributed by atoms with E-state index in [4.69, 9.17) is 0 Å². The molecule has 1 N–H and O–H groups in total. The summed E-state index contributed by atoms with van der Waals surface area (Å²) >= 11 is 0. The van der Waals surface area contributed by atoms with Crippen molar-refractivity contribution in [3.8, 4) is 0 Å². The third-order valence-corrected chi connectivity index (χ3v) is 3.39. The van der Waals surface area contributed by atoms with Gasteiger partial charge in [-0.05, 0) is 17.7 Å². The summed E-state index contributed by atoms with van der Waals surface area (Å²) in [6.45, 7) is 1.86. The van der Waals surface area contributed by atoms with Crippen molar-refractivity contribution < 1.29 is 0 Å². The number of hydrogen-bond acceptors (Lipinski definition) is 2. The number of nitrogens with zero attached hydrogens (tertiary/aromatic N) is 1. The first-order chi connectivity index (χ1) is 9.92. The Morgan fingerprint density at radius 3 is 2.50 bits per heavy atom. The van der Waals surface area contributed by atoms with Crippen molar-refractivity contribution in [2.75, 3.05) is 6.54 Å². The standard InChI is InChI=1S/C18H18N2/c1-2-6-15(7-3-1)14-19-13-12-17-11-10-16-8-4-5-9-18(16)20-17/h1-11,19H,12-14H2. The molecule has 2 nitrogen and oxygen atoms in total. The van der Waals surface area contributed by atoms with Crippen LogP contribution in [-0.2, 0) is 13.0 Å². The molecular formula is C18H18N2. The topological polar surface area (TPSA) is 24.9 Å². The smallest absolute Gasteiger partial charge is 0.0705 e. The molecule has 0 bridgehead atoms. The summed E-state index contributed by atoms with van der Waals surface area (Å²) < 4.78 is 0. The molecule has 0 atom stereocenters. The van der Waals surface area contributed by atoms with Gasteiger partial charge in [-0.2, -0.15) is 0 Å². The predicted octanol–water partition coefficient (Wildman–Crippen LogP) is 3.57. The van der Waals surface area contributed by atoms with E-state index in [2.05, 4.69) is 58.8 Å². The highest BCUT2D eigenvalue weighted by Crippen LogP contribution is 2.11. The normalized spacial score (nSPS) is 10.8. The first-order valence-electron chi connectivity index (χ1n) is 7.01. The highest BCUT2D eigenvalue weighted by molar-refractivity contribution is 5.78. The Hall–Kier alpha value is -2.19. The van der Waals surface area contributed by atoms with Gasteiger partial charge in [0.2, 0.25) is 0 Å². The van der Waals surface area contributed by atoms with Crippen LogP contribution in [0.25, 0.3) is 10.9 Å². The molecule has 100 valence electrons. The zero-order valence-corrected chi connectivity index (χ0v) is 11.4. The third-order valence-electron chi connectivity index (χ3n) is 3.39. The molecule has 0 radical (unpaired) electrons. The average Bonchev–Trinajstić information content (AvgIpc) is 2.52. The molecular weight excluding hydrogens is 244 g/mol. The van der Waals surface area contributed by atoms with Crippen LogP contribution in [0.2, 0.25) is 0 Å². The SMILES string of the molecule is c1ccc(CNCCc2ccc3ccccc3n2)cc1. The van der Waals surface area contributed by atoms with E-state index in [1.807, 2.05) is 18.2 Å². The van der Waals surface area contributed by atoms with E-state index >= 15 is 0 Å². The molecule has 3 aromatic rings. The predicted molar refractivity (Wildman–Crippen MR) is 83.6 cm³/mol. The number of hydrogen-bond donors (Lipinski definition) is 1. The lowest BCUT2D eigenvalue weighted by Gasteiger charge is -2.05. The zero-order valence-electron chi connectivity index (χ0n) is 11.4. The maximum Gasteiger partial charge on any atom is 0.0705 e. The van der Waals surface area contributed by atoms with Crippen LogP contribution in [0.5, 0.6) is 0 Å². The van der Waals surface area contributed by atoms with Crippen LogP contribution in [-0.4, -0.2) is 11.5 Å². The molecule has 1 heterocycles. The molecule has 0 aliphatic heterocycles. The van der Waals surface area contributed by atoms with Crippen molar-refractivity contribution >= 4 is 10.9 Å². The largest absolute Gasteiger partial charge is 0.312 e. The second-order valence-electron chi connectivity index (χ2n) is 4.91. The number of nitrogens with one attached hydrogen (secondary N) is 1. The van der Waals surface area contributed by atoms with Gasteiger partial charge < -0.3 is 5.32 Å². The van der Waals surface area contributed by atoms with Crippen LogP contribution >= 0.6 is 0 Å². The van der Waals surface area contributed by atoms with Crippen LogP contribution < -0.4 is 5.32 Å². The Morgan fingerprint density at radius 1 is 0.800 bits per heavy atom. The lowest BCUT2D eigenvalue weighted by Crippen LogP contribution is -2.17. The minimum atomic E-state index is 0.911. The van der Waals surface area contributed by atoms with Crippen molar-refractivity contribution in [2.45, 2.75) is 13.0 Å². The van der Waals surface area contributed by atoms with Crippen molar-refractivity contribution in [2.24, 2.45) is 0 Å². The van der Waals surface area contributed by atoms with Crippen LogP contribution in [0.15, 0.2) is 66.7 Å². The molecule has 0 amide bonds. The van der Waals surface area contributed by atoms with Crippen molar-refractivity contribution in [3.63, 3.8) is 0 Å². The quantitative estimate of drug-likeness (QED) is 0.711. The van der Waals surface area contributed by atoms with Gasteiger partial charge in [0.1, 0.15) is 0 Å². The number of pyridine rings is 1. The molecule has 0 unspecified atom stereocenters. The molecule has 0 spiro atoms. The molecule has 2 aromatic carbocycles. The van der Waals surface area contributed by atoms with Crippen molar-refractivity contribution in [1.29, 1.82) is 0 Å². The second kappa shape index (κ2) is 6.31. The highest BCUT2D eigenvalue weighted by atomic mass is 14.9. The first-order valence-corrected chi connectivity index (χ1v) is 7.01. The summed E-state index contributed by atoms with van der Waals surface area (Å²) in [5.41, 5.74) is 3.54. The first kappa shape index (κ1) is 12.8. The lowest BCUT2D eigenvalue weighted by atomic mass is 10.2. The van der Waals surface area contributed by atoms with E-state index in [1.165, 1.54) is 10.9 Å². The van der Waals surface area contributed by atoms with Crippen molar-refractivity contribution in [3.05, 3.63) is 78.0 Å². The summed E-state index contributed by atoms with van der Waals surface area (Å²) in [4.78, 5) is 4.68. The molecule has 20 heavy (non-hydrogen) atoms. The van der Waals surface area contributed by atoms with Crippen molar-refractivity contribution in [1.82, 2.24) is 10.3 Å². The van der Waals surface area contributed by atoms with Gasteiger partial charge in [0, 0.05) is 30.6 Å². The third kappa shape index (κ3) is 3.22. The number of rotatable bonds is 5. The Kier molecular flexibility index (Phi) is 4.04. The van der Waals surface area contributed by atoms with Crippen LogP contribution in [0, 0.1) is 0 Å². The summed E-state index contributed by atoms with van der Waals surface area (Å²) in [6, 6.07) is 23.0. The van der Waals surface area contributed by atoms with Gasteiger partial charge in [0.15, 0.2) is 0 Å². The molecule has 0 aliphatic carbocycles. The van der Waals surface area contributed by atoms with Gasteiger partial charge in [-0.1, -0.05) is 54.6 Å². The van der Waals surface area contributed by atoms with Gasteiger partial charge in [0.25, 0.3) is 0 Å². The summed E-state index contributed by atoms with van der Waals surface area (Å²) in [5, 5.41) is 4.66. The Bertz CT molecular complexity index is 677. The maximum atomic E-state index is 4.68. The fourth-order valence-corrected chi connectivity index (χ4v) is 2.29. The number of fused-ring (bicyclic) bond motifs is 1. The van der Waals surface area contributed by atoms with Gasteiger partial charge in [-0.15, -0.1) is 0 Å². The Labute approximate surface area is 119 Å². The van der Waals surface area contributed by atoms with E-state index in [0.29, 0.717) is 0 Å². The second-order valence-corrected chi connectivity index (χ2v) is 4.91. The number of aromatic nitrogens is 1.